The molecule has 0 saturated heterocycles. The van der Waals surface area contributed by atoms with Gasteiger partial charge in [-0.3, -0.25) is 0 Å². The highest BCUT2D eigenvalue weighted by atomic mass is 15.2. The van der Waals surface area contributed by atoms with Crippen molar-refractivity contribution in [1.29, 1.82) is 0 Å². The van der Waals surface area contributed by atoms with E-state index in [-0.39, 0.29) is 28.8 Å². The Labute approximate surface area is 463 Å². The van der Waals surface area contributed by atoms with Crippen LogP contribution in [0.5, 0.6) is 0 Å². The van der Waals surface area contributed by atoms with Gasteiger partial charge in [-0.1, -0.05) is 198 Å². The predicted molar refractivity (Wildman–Crippen MR) is 330 cm³/mol. The predicted octanol–water partition coefficient (Wildman–Crippen LogP) is 20.0. The fraction of sp³-hybridized carbons (Fsp3) is 0.132. The average molecular weight is 1010 g/mol. The molecule has 12 aromatic rings. The van der Waals surface area contributed by atoms with E-state index in [1.54, 1.807) is 0 Å². The van der Waals surface area contributed by atoms with Crippen LogP contribution in [-0.2, 0) is 10.8 Å². The van der Waals surface area contributed by atoms with E-state index in [0.29, 0.717) is 5.92 Å². The van der Waals surface area contributed by atoms with E-state index in [1.807, 2.05) is 0 Å². The molecule has 2 aliphatic heterocycles. The summed E-state index contributed by atoms with van der Waals surface area (Å²) in [5, 5.41) is 2.50. The van der Waals surface area contributed by atoms with Crippen LogP contribution in [0, 0.1) is 0 Å². The first-order valence-electron chi connectivity index (χ1n) is 28.2. The Hall–Kier alpha value is -9.18. The number of para-hydroxylation sites is 2. The maximum atomic E-state index is 2.68. The molecule has 4 aliphatic rings. The Morgan fingerprint density at radius 1 is 0.278 bits per heavy atom. The number of nitrogens with zero attached hydrogens (tertiary/aromatic N) is 3. The lowest BCUT2D eigenvalue weighted by molar-refractivity contribution is 0.420. The molecule has 2 aliphatic carbocycles. The highest BCUT2D eigenvalue weighted by molar-refractivity contribution is 6.12. The van der Waals surface area contributed by atoms with Gasteiger partial charge in [0.25, 0.3) is 0 Å². The summed E-state index contributed by atoms with van der Waals surface area (Å²) >= 11 is 0. The Morgan fingerprint density at radius 3 is 1.13 bits per heavy atom. The molecule has 1 aromatic heterocycles. The molecular weight excluding hydrogens is 955 g/mol. The Balaban J connectivity index is 0.850. The lowest BCUT2D eigenvalue weighted by atomic mass is 9.74. The zero-order valence-corrected chi connectivity index (χ0v) is 45.0. The van der Waals surface area contributed by atoms with Gasteiger partial charge in [0.15, 0.2) is 0 Å². The van der Waals surface area contributed by atoms with Crippen LogP contribution in [-0.4, -0.2) is 4.57 Å². The molecule has 0 amide bonds. The van der Waals surface area contributed by atoms with Crippen LogP contribution in [0.15, 0.2) is 261 Å². The van der Waals surface area contributed by atoms with E-state index in [1.165, 1.54) is 122 Å². The fourth-order valence-corrected chi connectivity index (χ4v) is 15.3. The molecule has 4 atom stereocenters. The first-order valence-corrected chi connectivity index (χ1v) is 28.2. The molecule has 0 spiro atoms. The van der Waals surface area contributed by atoms with Gasteiger partial charge >= 0.3 is 0 Å². The summed E-state index contributed by atoms with van der Waals surface area (Å²) in [6.45, 7) is 9.86. The Kier molecular flexibility index (Phi) is 9.98. The van der Waals surface area contributed by atoms with E-state index in [0.717, 1.165) is 5.69 Å². The molecule has 3 nitrogen and oxygen atoms in total. The van der Waals surface area contributed by atoms with Gasteiger partial charge in [-0.15, -0.1) is 0 Å². The van der Waals surface area contributed by atoms with Crippen molar-refractivity contribution >= 4 is 44.6 Å². The van der Waals surface area contributed by atoms with E-state index in [9.17, 15) is 0 Å². The van der Waals surface area contributed by atoms with Crippen molar-refractivity contribution in [3.63, 3.8) is 0 Å². The summed E-state index contributed by atoms with van der Waals surface area (Å²) in [5.74, 6) is 0.536. The molecule has 4 unspecified atom stereocenters. The molecular formula is C76H59N3. The van der Waals surface area contributed by atoms with Gasteiger partial charge < -0.3 is 14.4 Å². The smallest absolute Gasteiger partial charge is 0.0672 e. The number of anilines is 4. The number of aromatic nitrogens is 1. The number of rotatable bonds is 7. The van der Waals surface area contributed by atoms with Crippen molar-refractivity contribution in [2.75, 3.05) is 9.80 Å². The Morgan fingerprint density at radius 2 is 0.658 bits per heavy atom. The quantitative estimate of drug-likeness (QED) is 0.158. The maximum absolute atomic E-state index is 2.68. The van der Waals surface area contributed by atoms with Crippen LogP contribution in [0.4, 0.5) is 22.7 Å². The number of hydrogen-bond acceptors (Lipinski definition) is 2. The van der Waals surface area contributed by atoms with Crippen LogP contribution in [0.1, 0.15) is 85.0 Å². The van der Waals surface area contributed by atoms with Gasteiger partial charge in [0.05, 0.1) is 23.1 Å². The van der Waals surface area contributed by atoms with E-state index in [4.69, 9.17) is 0 Å². The minimum Gasteiger partial charge on any atom is -0.333 e. The third-order valence-corrected chi connectivity index (χ3v) is 18.8. The minimum atomic E-state index is -0.109. The highest BCUT2D eigenvalue weighted by Gasteiger charge is 2.56. The molecule has 0 N–H and O–H groups in total. The van der Waals surface area contributed by atoms with E-state index in [2.05, 4.69) is 303 Å². The third kappa shape index (κ3) is 6.78. The van der Waals surface area contributed by atoms with Gasteiger partial charge in [0.2, 0.25) is 0 Å². The first kappa shape index (κ1) is 46.0. The number of hydrogen-bond donors (Lipinski definition) is 0. The molecule has 79 heavy (non-hydrogen) atoms. The minimum absolute atomic E-state index is 0.0464. The summed E-state index contributed by atoms with van der Waals surface area (Å²) in [6, 6.07) is 98.6. The molecule has 378 valence electrons. The van der Waals surface area contributed by atoms with Crippen molar-refractivity contribution in [3.8, 4) is 50.2 Å². The molecule has 0 radical (unpaired) electrons. The van der Waals surface area contributed by atoms with Gasteiger partial charge in [-0.05, 0) is 180 Å². The van der Waals surface area contributed by atoms with Crippen molar-refractivity contribution in [1.82, 2.24) is 4.57 Å². The van der Waals surface area contributed by atoms with E-state index < -0.39 is 0 Å². The third-order valence-electron chi connectivity index (χ3n) is 18.8. The topological polar surface area (TPSA) is 11.4 Å². The second-order valence-corrected chi connectivity index (χ2v) is 23.7. The second kappa shape index (κ2) is 17.2. The van der Waals surface area contributed by atoms with Crippen molar-refractivity contribution in [2.24, 2.45) is 0 Å². The summed E-state index contributed by atoms with van der Waals surface area (Å²) in [4.78, 5) is 5.29. The average Bonchev–Trinajstić information content (AvgIpc) is 4.39. The lowest BCUT2D eigenvalue weighted by Gasteiger charge is -2.31. The van der Waals surface area contributed by atoms with Gasteiger partial charge in [-0.2, -0.15) is 0 Å². The van der Waals surface area contributed by atoms with Gasteiger partial charge in [0, 0.05) is 51.0 Å². The summed E-state index contributed by atoms with van der Waals surface area (Å²) in [6.07, 6.45) is 0. The first-order chi connectivity index (χ1) is 38.7. The van der Waals surface area contributed by atoms with Crippen LogP contribution < -0.4 is 9.80 Å². The maximum Gasteiger partial charge on any atom is 0.0672 e. The second-order valence-electron chi connectivity index (χ2n) is 23.7. The highest BCUT2D eigenvalue weighted by Crippen LogP contribution is 2.67. The zero-order valence-electron chi connectivity index (χ0n) is 45.0. The SMILES string of the molecule is CC1(C)c2ccccc2C2C1c1cc(-c3ccc4c(c3)c3cc(-c5ccc6c(c5)C5C(c7ccccc7C5(C)C)N6c5cc(-c6ccccc6)cc(-c6ccccc6)c5)ccc3n4-c3ccccc3)ccc1N2c1ccccc1. The lowest BCUT2D eigenvalue weighted by Crippen LogP contribution is -2.25. The normalized spacial score (nSPS) is 18.8. The van der Waals surface area contributed by atoms with Crippen molar-refractivity contribution in [3.05, 3.63) is 294 Å². The van der Waals surface area contributed by atoms with Crippen LogP contribution in [0.2, 0.25) is 0 Å². The number of fused-ring (bicyclic) bond motifs is 13. The largest absolute Gasteiger partial charge is 0.333 e. The molecule has 0 bridgehead atoms. The summed E-state index contributed by atoms with van der Waals surface area (Å²) < 4.78 is 2.46. The number of benzene rings is 11. The fourth-order valence-electron chi connectivity index (χ4n) is 15.3. The van der Waals surface area contributed by atoms with Crippen molar-refractivity contribution in [2.45, 2.75) is 62.4 Å². The Bertz CT molecular complexity index is 4340. The zero-order chi connectivity index (χ0) is 52.7. The standard InChI is InChI=1S/C76H59N3/c1-75(2)65-31-19-17-29-59(65)73-71(75)63-46-52(35-39-69(63)78(73)57-27-15-8-16-28-57)50-33-37-67-61(44-50)62-45-51(34-38-68(62)77(67)56-25-13-7-14-26-56)53-36-40-70-64(47-53)72-74(60-30-18-20-32-66(60)76(72,3)4)79(70)58-42-54(48-21-9-5-10-22-48)41-55(43-58)49-23-11-6-12-24-49/h5-47,71-74H,1-4H3. The molecule has 3 heteroatoms. The molecule has 0 saturated carbocycles. The molecule has 0 fully saturated rings. The van der Waals surface area contributed by atoms with Gasteiger partial charge in [-0.25, -0.2) is 0 Å². The summed E-state index contributed by atoms with van der Waals surface area (Å²) in [7, 11) is 0. The van der Waals surface area contributed by atoms with Crippen molar-refractivity contribution < 1.29 is 0 Å². The van der Waals surface area contributed by atoms with Crippen LogP contribution in [0.25, 0.3) is 72.0 Å². The molecule has 16 rings (SSSR count). The monoisotopic (exact) mass is 1010 g/mol. The molecule has 3 heterocycles. The molecule has 11 aromatic carbocycles. The summed E-state index contributed by atoms with van der Waals surface area (Å²) in [5.41, 5.74) is 26.9. The van der Waals surface area contributed by atoms with Crippen LogP contribution >= 0.6 is 0 Å². The van der Waals surface area contributed by atoms with E-state index >= 15 is 0 Å². The van der Waals surface area contributed by atoms with Gasteiger partial charge in [0.1, 0.15) is 0 Å². The van der Waals surface area contributed by atoms with Crippen LogP contribution in [0.3, 0.4) is 0 Å².